The molecule has 2 N–H and O–H groups in total. The zero-order chi connectivity index (χ0) is 16.8. The van der Waals surface area contributed by atoms with Crippen LogP contribution in [0.3, 0.4) is 0 Å². The molecule has 2 rings (SSSR count). The quantitative estimate of drug-likeness (QED) is 0.505. The van der Waals surface area contributed by atoms with Gasteiger partial charge in [-0.25, -0.2) is 9.18 Å². The van der Waals surface area contributed by atoms with Gasteiger partial charge in [-0.2, -0.15) is 0 Å². The number of halogens is 1. The molecule has 1 aromatic carbocycles. The molecule has 0 saturated heterocycles. The predicted octanol–water partition coefficient (Wildman–Crippen LogP) is 1.60. The monoisotopic (exact) mass is 318 g/mol. The van der Waals surface area contributed by atoms with Crippen molar-refractivity contribution in [3.8, 4) is 11.3 Å². The number of hydrazine groups is 1. The minimum atomic E-state index is -0.992. The Balaban J connectivity index is 2.06. The first kappa shape index (κ1) is 16.3. The van der Waals surface area contributed by atoms with Gasteiger partial charge in [0.1, 0.15) is 5.82 Å². The van der Waals surface area contributed by atoms with Gasteiger partial charge in [-0.15, -0.1) is 10.2 Å². The van der Waals surface area contributed by atoms with Crippen molar-refractivity contribution < 1.29 is 18.7 Å². The minimum Gasteiger partial charge on any atom is -0.459 e. The van der Waals surface area contributed by atoms with Crippen LogP contribution in [0.2, 0.25) is 0 Å². The Morgan fingerprint density at radius 1 is 1.22 bits per heavy atom. The third kappa shape index (κ3) is 4.22. The van der Waals surface area contributed by atoms with E-state index in [0.29, 0.717) is 16.8 Å². The summed E-state index contributed by atoms with van der Waals surface area (Å²) < 4.78 is 17.5. The summed E-state index contributed by atoms with van der Waals surface area (Å²) in [6, 6.07) is 7.57. The van der Waals surface area contributed by atoms with Crippen LogP contribution in [0.15, 0.2) is 30.3 Å². The summed E-state index contributed by atoms with van der Waals surface area (Å²) in [7, 11) is 0. The van der Waals surface area contributed by atoms with Gasteiger partial charge in [0.25, 0.3) is 0 Å². The van der Waals surface area contributed by atoms with Crippen molar-refractivity contribution >= 4 is 17.7 Å². The number of esters is 1. The molecular weight excluding hydrogens is 303 g/mol. The number of aryl methyl sites for hydroxylation is 1. The molecule has 1 heterocycles. The van der Waals surface area contributed by atoms with Crippen molar-refractivity contribution in [1.82, 2.24) is 15.6 Å². The number of nitrogens with zero attached hydrogens (tertiary/aromatic N) is 2. The second-order valence-electron chi connectivity index (χ2n) is 4.57. The van der Waals surface area contributed by atoms with Crippen molar-refractivity contribution in [1.29, 1.82) is 0 Å². The first-order valence-corrected chi connectivity index (χ1v) is 6.84. The van der Waals surface area contributed by atoms with E-state index in [9.17, 15) is 14.0 Å². The van der Waals surface area contributed by atoms with Gasteiger partial charge in [0.05, 0.1) is 12.3 Å². The maximum absolute atomic E-state index is 12.9. The van der Waals surface area contributed by atoms with E-state index in [1.54, 1.807) is 32.0 Å². The Labute approximate surface area is 131 Å². The normalized spacial score (nSPS) is 10.0. The molecule has 0 bridgehead atoms. The molecule has 0 aliphatic carbocycles. The number of anilines is 1. The highest BCUT2D eigenvalue weighted by molar-refractivity contribution is 6.32. The van der Waals surface area contributed by atoms with Crippen molar-refractivity contribution in [2.45, 2.75) is 13.8 Å². The van der Waals surface area contributed by atoms with E-state index in [1.807, 2.05) is 0 Å². The van der Waals surface area contributed by atoms with E-state index >= 15 is 0 Å². The number of benzene rings is 1. The number of amides is 1. The number of rotatable bonds is 4. The van der Waals surface area contributed by atoms with Crippen LogP contribution < -0.4 is 10.9 Å². The van der Waals surface area contributed by atoms with Crippen LogP contribution in [0, 0.1) is 12.7 Å². The average Bonchev–Trinajstić information content (AvgIpc) is 2.54. The highest BCUT2D eigenvalue weighted by Gasteiger charge is 2.15. The van der Waals surface area contributed by atoms with Gasteiger partial charge in [0, 0.05) is 5.56 Å². The molecule has 8 heteroatoms. The zero-order valence-corrected chi connectivity index (χ0v) is 12.6. The number of aromatic nitrogens is 2. The Morgan fingerprint density at radius 2 is 1.91 bits per heavy atom. The lowest BCUT2D eigenvalue weighted by Gasteiger charge is -2.10. The topological polar surface area (TPSA) is 93.2 Å². The molecule has 0 spiro atoms. The first-order chi connectivity index (χ1) is 11.0. The largest absolute Gasteiger partial charge is 0.459 e. The predicted molar refractivity (Wildman–Crippen MR) is 80.6 cm³/mol. The van der Waals surface area contributed by atoms with Crippen LogP contribution in [0.4, 0.5) is 10.2 Å². The van der Waals surface area contributed by atoms with Crippen molar-refractivity contribution in [3.63, 3.8) is 0 Å². The Morgan fingerprint density at radius 3 is 2.52 bits per heavy atom. The summed E-state index contributed by atoms with van der Waals surface area (Å²) in [4.78, 5) is 22.6. The maximum Gasteiger partial charge on any atom is 0.398 e. The summed E-state index contributed by atoms with van der Waals surface area (Å²) in [5.74, 6) is -1.98. The maximum atomic E-state index is 12.9. The molecular formula is C15H15FN4O3. The van der Waals surface area contributed by atoms with E-state index in [1.165, 1.54) is 12.1 Å². The summed E-state index contributed by atoms with van der Waals surface area (Å²) in [6.07, 6.45) is 0. The fourth-order valence-corrected chi connectivity index (χ4v) is 1.73. The fraction of sp³-hybridized carbons (Fsp3) is 0.200. The minimum absolute atomic E-state index is 0.109. The second-order valence-corrected chi connectivity index (χ2v) is 4.57. The highest BCUT2D eigenvalue weighted by atomic mass is 19.1. The first-order valence-electron chi connectivity index (χ1n) is 6.84. The Bertz CT molecular complexity index is 719. The van der Waals surface area contributed by atoms with E-state index in [-0.39, 0.29) is 18.2 Å². The molecule has 0 unspecified atom stereocenters. The van der Waals surface area contributed by atoms with Gasteiger partial charge in [0.2, 0.25) is 0 Å². The molecule has 0 aliphatic heterocycles. The smallest absolute Gasteiger partial charge is 0.398 e. The molecule has 0 fully saturated rings. The average molecular weight is 318 g/mol. The number of hydrogen-bond donors (Lipinski definition) is 2. The number of carbonyl (C=O) groups excluding carboxylic acids is 2. The third-order valence-corrected chi connectivity index (χ3v) is 2.88. The molecule has 1 amide bonds. The van der Waals surface area contributed by atoms with Gasteiger partial charge < -0.3 is 4.74 Å². The van der Waals surface area contributed by atoms with Gasteiger partial charge in [0.15, 0.2) is 5.82 Å². The molecule has 2 aromatic rings. The molecule has 1 aromatic heterocycles. The van der Waals surface area contributed by atoms with Crippen LogP contribution in [-0.2, 0) is 14.3 Å². The zero-order valence-electron chi connectivity index (χ0n) is 12.6. The van der Waals surface area contributed by atoms with Crippen molar-refractivity contribution in [3.05, 3.63) is 41.7 Å². The number of hydrogen-bond acceptors (Lipinski definition) is 6. The third-order valence-electron chi connectivity index (χ3n) is 2.88. The van der Waals surface area contributed by atoms with Crippen LogP contribution >= 0.6 is 0 Å². The molecule has 23 heavy (non-hydrogen) atoms. The Kier molecular flexibility index (Phi) is 5.19. The van der Waals surface area contributed by atoms with Crippen molar-refractivity contribution in [2.24, 2.45) is 0 Å². The standard InChI is InChI=1S/C15H15FN4O3/c1-3-23-15(22)14(21)20-19-13-9(2)8-12(17-18-13)10-4-6-11(16)7-5-10/h4-8H,3H2,1-2H3,(H,18,19)(H,20,21). The van der Waals surface area contributed by atoms with E-state index in [4.69, 9.17) is 0 Å². The molecule has 0 radical (unpaired) electrons. The summed E-state index contributed by atoms with van der Waals surface area (Å²) >= 11 is 0. The fourth-order valence-electron chi connectivity index (χ4n) is 1.73. The second kappa shape index (κ2) is 7.30. The SMILES string of the molecule is CCOC(=O)C(=O)NNc1nnc(-c2ccc(F)cc2)cc1C. The molecule has 0 aliphatic rings. The molecule has 120 valence electrons. The Hall–Kier alpha value is -3.03. The van der Waals surface area contributed by atoms with Crippen LogP contribution in [0.1, 0.15) is 12.5 Å². The highest BCUT2D eigenvalue weighted by Crippen LogP contribution is 2.20. The lowest BCUT2D eigenvalue weighted by Crippen LogP contribution is -2.37. The van der Waals surface area contributed by atoms with Crippen LogP contribution in [-0.4, -0.2) is 28.7 Å². The van der Waals surface area contributed by atoms with Crippen molar-refractivity contribution in [2.75, 3.05) is 12.0 Å². The van der Waals surface area contributed by atoms with E-state index in [2.05, 4.69) is 25.8 Å². The molecule has 0 saturated carbocycles. The number of nitrogens with one attached hydrogen (secondary N) is 2. The number of ether oxygens (including phenoxy) is 1. The molecule has 7 nitrogen and oxygen atoms in total. The summed E-state index contributed by atoms with van der Waals surface area (Å²) in [6.45, 7) is 3.46. The van der Waals surface area contributed by atoms with E-state index < -0.39 is 11.9 Å². The lowest BCUT2D eigenvalue weighted by atomic mass is 10.1. The van der Waals surface area contributed by atoms with Gasteiger partial charge in [-0.1, -0.05) is 0 Å². The van der Waals surface area contributed by atoms with Gasteiger partial charge in [-0.05, 0) is 49.7 Å². The van der Waals surface area contributed by atoms with Gasteiger partial charge in [-0.3, -0.25) is 15.6 Å². The van der Waals surface area contributed by atoms with E-state index in [0.717, 1.165) is 0 Å². The van der Waals surface area contributed by atoms with Crippen LogP contribution in [0.5, 0.6) is 0 Å². The van der Waals surface area contributed by atoms with Gasteiger partial charge >= 0.3 is 11.9 Å². The molecule has 0 atom stereocenters. The van der Waals surface area contributed by atoms with Crippen LogP contribution in [0.25, 0.3) is 11.3 Å². The summed E-state index contributed by atoms with van der Waals surface area (Å²) in [5, 5.41) is 7.93. The lowest BCUT2D eigenvalue weighted by molar-refractivity contribution is -0.154. The summed E-state index contributed by atoms with van der Waals surface area (Å²) in [5.41, 5.74) is 6.64. The number of carbonyl (C=O) groups is 2.